The maximum atomic E-state index is 11.8. The fourth-order valence-corrected chi connectivity index (χ4v) is 1.61. The summed E-state index contributed by atoms with van der Waals surface area (Å²) >= 11 is 0. The van der Waals surface area contributed by atoms with E-state index in [4.69, 9.17) is 9.84 Å². The second kappa shape index (κ2) is 7.66. The number of amides is 1. The number of aliphatic hydroxyl groups excluding tert-OH is 1. The van der Waals surface area contributed by atoms with E-state index in [1.54, 1.807) is 12.1 Å². The van der Waals surface area contributed by atoms with Crippen LogP contribution in [-0.2, 0) is 0 Å². The number of ether oxygens (including phenoxy) is 1. The predicted molar refractivity (Wildman–Crippen MR) is 68.6 cm³/mol. The SMILES string of the molecule is CCC(CCO)CNC(=O)c1ccc(OC)nc1. The van der Waals surface area contributed by atoms with Gasteiger partial charge < -0.3 is 15.2 Å². The average molecular weight is 252 g/mol. The fraction of sp³-hybridized carbons (Fsp3) is 0.538. The summed E-state index contributed by atoms with van der Waals surface area (Å²) in [5, 5.41) is 11.7. The van der Waals surface area contributed by atoms with Crippen LogP contribution in [-0.4, -0.2) is 36.3 Å². The van der Waals surface area contributed by atoms with E-state index in [1.807, 2.05) is 6.92 Å². The molecule has 1 amide bonds. The Kier molecular flexibility index (Phi) is 6.14. The Balaban J connectivity index is 2.48. The molecular formula is C13H20N2O3. The molecule has 1 aromatic rings. The first-order valence-electron chi connectivity index (χ1n) is 6.10. The Morgan fingerprint density at radius 1 is 1.56 bits per heavy atom. The summed E-state index contributed by atoms with van der Waals surface area (Å²) in [6.45, 7) is 2.77. The normalized spacial score (nSPS) is 11.9. The zero-order chi connectivity index (χ0) is 13.4. The van der Waals surface area contributed by atoms with E-state index >= 15 is 0 Å². The van der Waals surface area contributed by atoms with Crippen LogP contribution in [0.2, 0.25) is 0 Å². The summed E-state index contributed by atoms with van der Waals surface area (Å²) < 4.78 is 4.93. The third-order valence-corrected chi connectivity index (χ3v) is 2.87. The Hall–Kier alpha value is -1.62. The molecule has 0 saturated heterocycles. The van der Waals surface area contributed by atoms with E-state index in [2.05, 4.69) is 10.3 Å². The van der Waals surface area contributed by atoms with Gasteiger partial charge in [0.1, 0.15) is 0 Å². The van der Waals surface area contributed by atoms with Crippen LogP contribution in [0, 0.1) is 5.92 Å². The number of methoxy groups -OCH3 is 1. The molecule has 1 aromatic heterocycles. The van der Waals surface area contributed by atoms with Gasteiger partial charge in [-0.3, -0.25) is 4.79 Å². The summed E-state index contributed by atoms with van der Waals surface area (Å²) in [5.41, 5.74) is 0.509. The third kappa shape index (κ3) is 4.33. The van der Waals surface area contributed by atoms with Crippen LogP contribution in [0.25, 0.3) is 0 Å². The Labute approximate surface area is 107 Å². The summed E-state index contributed by atoms with van der Waals surface area (Å²) in [5.74, 6) is 0.643. The van der Waals surface area contributed by atoms with E-state index in [0.717, 1.165) is 6.42 Å². The Bertz CT molecular complexity index is 365. The lowest BCUT2D eigenvalue weighted by Crippen LogP contribution is -2.29. The largest absolute Gasteiger partial charge is 0.481 e. The molecule has 0 aromatic carbocycles. The smallest absolute Gasteiger partial charge is 0.252 e. The van der Waals surface area contributed by atoms with Gasteiger partial charge in [0, 0.05) is 25.4 Å². The van der Waals surface area contributed by atoms with Crippen molar-refractivity contribution in [2.24, 2.45) is 5.92 Å². The van der Waals surface area contributed by atoms with Gasteiger partial charge in [-0.1, -0.05) is 13.3 Å². The van der Waals surface area contributed by atoms with Crippen molar-refractivity contribution in [2.45, 2.75) is 19.8 Å². The van der Waals surface area contributed by atoms with Gasteiger partial charge in [0.05, 0.1) is 12.7 Å². The van der Waals surface area contributed by atoms with Crippen molar-refractivity contribution in [3.63, 3.8) is 0 Å². The molecule has 0 saturated carbocycles. The molecule has 1 rings (SSSR count). The molecule has 18 heavy (non-hydrogen) atoms. The van der Waals surface area contributed by atoms with Crippen molar-refractivity contribution in [1.82, 2.24) is 10.3 Å². The second-order valence-electron chi connectivity index (χ2n) is 4.09. The summed E-state index contributed by atoms with van der Waals surface area (Å²) in [6.07, 6.45) is 3.13. The number of pyridine rings is 1. The molecule has 5 nitrogen and oxygen atoms in total. The van der Waals surface area contributed by atoms with E-state index in [0.29, 0.717) is 30.3 Å². The molecule has 100 valence electrons. The van der Waals surface area contributed by atoms with Crippen LogP contribution in [0.15, 0.2) is 18.3 Å². The van der Waals surface area contributed by atoms with Gasteiger partial charge in [-0.25, -0.2) is 4.98 Å². The highest BCUT2D eigenvalue weighted by Gasteiger charge is 2.10. The van der Waals surface area contributed by atoms with E-state index in [9.17, 15) is 4.79 Å². The van der Waals surface area contributed by atoms with Gasteiger partial charge >= 0.3 is 0 Å². The van der Waals surface area contributed by atoms with Gasteiger partial charge in [-0.05, 0) is 18.4 Å². The first-order chi connectivity index (χ1) is 8.71. The number of aromatic nitrogens is 1. The van der Waals surface area contributed by atoms with Gasteiger partial charge in [-0.2, -0.15) is 0 Å². The maximum absolute atomic E-state index is 11.8. The standard InChI is InChI=1S/C13H20N2O3/c1-3-10(6-7-16)8-15-13(17)11-4-5-12(18-2)14-9-11/h4-5,9-10,16H,3,6-8H2,1-2H3,(H,15,17). The monoisotopic (exact) mass is 252 g/mol. The van der Waals surface area contributed by atoms with Crippen LogP contribution in [0.3, 0.4) is 0 Å². The van der Waals surface area contributed by atoms with E-state index < -0.39 is 0 Å². The lowest BCUT2D eigenvalue weighted by molar-refractivity contribution is 0.0943. The van der Waals surface area contributed by atoms with Gasteiger partial charge in [0.15, 0.2) is 0 Å². The van der Waals surface area contributed by atoms with Gasteiger partial charge in [0.2, 0.25) is 5.88 Å². The lowest BCUT2D eigenvalue weighted by atomic mass is 10.0. The zero-order valence-electron chi connectivity index (χ0n) is 10.8. The first kappa shape index (κ1) is 14.4. The molecule has 1 unspecified atom stereocenters. The highest BCUT2D eigenvalue weighted by atomic mass is 16.5. The van der Waals surface area contributed by atoms with Crippen LogP contribution in [0.4, 0.5) is 0 Å². The number of hydrogen-bond acceptors (Lipinski definition) is 4. The molecule has 2 N–H and O–H groups in total. The van der Waals surface area contributed by atoms with Crippen molar-refractivity contribution in [3.05, 3.63) is 23.9 Å². The molecule has 5 heteroatoms. The lowest BCUT2D eigenvalue weighted by Gasteiger charge is -2.14. The van der Waals surface area contributed by atoms with Crippen molar-refractivity contribution in [1.29, 1.82) is 0 Å². The third-order valence-electron chi connectivity index (χ3n) is 2.87. The molecule has 0 fully saturated rings. The predicted octanol–water partition coefficient (Wildman–Crippen LogP) is 1.23. The average Bonchev–Trinajstić information content (AvgIpc) is 2.43. The fourth-order valence-electron chi connectivity index (χ4n) is 1.61. The summed E-state index contributed by atoms with van der Waals surface area (Å²) in [6, 6.07) is 3.33. The van der Waals surface area contributed by atoms with Crippen LogP contribution in [0.1, 0.15) is 30.1 Å². The highest BCUT2D eigenvalue weighted by Crippen LogP contribution is 2.08. The number of nitrogens with one attached hydrogen (secondary N) is 1. The van der Waals surface area contributed by atoms with Gasteiger partial charge in [-0.15, -0.1) is 0 Å². The molecular weight excluding hydrogens is 232 g/mol. The number of aliphatic hydroxyl groups is 1. The molecule has 0 aliphatic heterocycles. The molecule has 0 aliphatic rings. The quantitative estimate of drug-likeness (QED) is 0.765. The van der Waals surface area contributed by atoms with Crippen LogP contribution in [0.5, 0.6) is 5.88 Å². The minimum atomic E-state index is -0.151. The zero-order valence-corrected chi connectivity index (χ0v) is 10.8. The number of nitrogens with zero attached hydrogens (tertiary/aromatic N) is 1. The minimum absolute atomic E-state index is 0.151. The van der Waals surface area contributed by atoms with Crippen molar-refractivity contribution >= 4 is 5.91 Å². The minimum Gasteiger partial charge on any atom is -0.481 e. The molecule has 1 heterocycles. The van der Waals surface area contributed by atoms with Crippen molar-refractivity contribution in [2.75, 3.05) is 20.3 Å². The summed E-state index contributed by atoms with van der Waals surface area (Å²) in [7, 11) is 1.53. The molecule has 1 atom stereocenters. The van der Waals surface area contributed by atoms with Crippen molar-refractivity contribution in [3.8, 4) is 5.88 Å². The number of hydrogen-bond donors (Lipinski definition) is 2. The van der Waals surface area contributed by atoms with Crippen molar-refractivity contribution < 1.29 is 14.6 Å². The van der Waals surface area contributed by atoms with E-state index in [-0.39, 0.29) is 12.5 Å². The topological polar surface area (TPSA) is 71.5 Å². The molecule has 0 spiro atoms. The summed E-state index contributed by atoms with van der Waals surface area (Å²) in [4.78, 5) is 15.8. The molecule has 0 bridgehead atoms. The number of carbonyl (C=O) groups excluding carboxylic acids is 1. The van der Waals surface area contributed by atoms with Crippen LogP contribution >= 0.6 is 0 Å². The Morgan fingerprint density at radius 2 is 2.33 bits per heavy atom. The molecule has 0 aliphatic carbocycles. The first-order valence-corrected chi connectivity index (χ1v) is 6.10. The maximum Gasteiger partial charge on any atom is 0.252 e. The van der Waals surface area contributed by atoms with Crippen LogP contribution < -0.4 is 10.1 Å². The molecule has 0 radical (unpaired) electrons. The second-order valence-corrected chi connectivity index (χ2v) is 4.09. The number of rotatable bonds is 7. The highest BCUT2D eigenvalue weighted by molar-refractivity contribution is 5.93. The van der Waals surface area contributed by atoms with Gasteiger partial charge in [0.25, 0.3) is 5.91 Å². The van der Waals surface area contributed by atoms with E-state index in [1.165, 1.54) is 13.3 Å². The number of carbonyl (C=O) groups is 1. The Morgan fingerprint density at radius 3 is 2.83 bits per heavy atom.